The summed E-state index contributed by atoms with van der Waals surface area (Å²) in [4.78, 5) is 14.7. The number of rotatable bonds is 7. The molecule has 2 rings (SSSR count). The van der Waals surface area contributed by atoms with E-state index in [9.17, 15) is 13.2 Å². The van der Waals surface area contributed by atoms with E-state index in [1.165, 1.54) is 12.1 Å². The van der Waals surface area contributed by atoms with Gasteiger partial charge in [-0.15, -0.1) is 0 Å². The monoisotopic (exact) mass is 389 g/mol. The molecule has 1 amide bonds. The molecule has 0 bridgehead atoms. The minimum atomic E-state index is -3.84. The average Bonchev–Trinajstić information content (AvgIpc) is 2.58. The van der Waals surface area contributed by atoms with Gasteiger partial charge in [0, 0.05) is 18.3 Å². The maximum absolute atomic E-state index is 12.6. The van der Waals surface area contributed by atoms with Crippen molar-refractivity contribution in [1.29, 1.82) is 0 Å². The zero-order chi connectivity index (χ0) is 20.2. The first kappa shape index (κ1) is 21.1. The lowest BCUT2D eigenvalue weighted by atomic mass is 10.1. The molecule has 0 atom stereocenters. The van der Waals surface area contributed by atoms with E-state index in [0.717, 1.165) is 16.7 Å². The maximum atomic E-state index is 12.6. The van der Waals surface area contributed by atoms with Crippen LogP contribution in [0.4, 0.5) is 5.69 Å². The van der Waals surface area contributed by atoms with Gasteiger partial charge in [0.15, 0.2) is 0 Å². The number of nitrogens with two attached hydrogens (primary N) is 1. The number of amides is 1. The Morgan fingerprint density at radius 1 is 1.15 bits per heavy atom. The van der Waals surface area contributed by atoms with Gasteiger partial charge in [-0.3, -0.25) is 9.69 Å². The molecule has 0 saturated heterocycles. The van der Waals surface area contributed by atoms with Gasteiger partial charge < -0.3 is 5.32 Å². The van der Waals surface area contributed by atoms with Gasteiger partial charge in [0.25, 0.3) is 0 Å². The largest absolute Gasteiger partial charge is 0.325 e. The summed E-state index contributed by atoms with van der Waals surface area (Å²) >= 11 is 0. The Kier molecular flexibility index (Phi) is 6.75. The van der Waals surface area contributed by atoms with Gasteiger partial charge in [-0.25, -0.2) is 13.6 Å². The average molecular weight is 390 g/mol. The van der Waals surface area contributed by atoms with Gasteiger partial charge in [-0.2, -0.15) is 0 Å². The van der Waals surface area contributed by atoms with Crippen LogP contribution in [0.2, 0.25) is 0 Å². The van der Waals surface area contributed by atoms with E-state index in [0.29, 0.717) is 12.2 Å². The Hall–Kier alpha value is -2.22. The van der Waals surface area contributed by atoms with Gasteiger partial charge in [-0.05, 0) is 56.5 Å². The van der Waals surface area contributed by atoms with Crippen LogP contribution in [-0.2, 0) is 21.4 Å². The topological polar surface area (TPSA) is 92.5 Å². The summed E-state index contributed by atoms with van der Waals surface area (Å²) in [6, 6.07) is 13.0. The van der Waals surface area contributed by atoms with Crippen molar-refractivity contribution in [3.8, 4) is 0 Å². The standard InChI is InChI=1S/C20H27N3O3S/c1-14(2)23(12-17-8-6-5-7-9-17)13-20(24)22-19-11-18(27(21,25)26)10-15(3)16(19)4/h5-11,14H,12-13H2,1-4H3,(H,22,24)(H2,21,25,26). The molecule has 7 heteroatoms. The highest BCUT2D eigenvalue weighted by Gasteiger charge is 2.17. The van der Waals surface area contributed by atoms with Crippen LogP contribution >= 0.6 is 0 Å². The maximum Gasteiger partial charge on any atom is 0.238 e. The SMILES string of the molecule is Cc1cc(S(N)(=O)=O)cc(NC(=O)CN(Cc2ccccc2)C(C)C)c1C. The third-order valence-electron chi connectivity index (χ3n) is 4.55. The summed E-state index contributed by atoms with van der Waals surface area (Å²) in [5.41, 5.74) is 3.16. The van der Waals surface area contributed by atoms with Crippen LogP contribution in [-0.4, -0.2) is 31.8 Å². The van der Waals surface area contributed by atoms with E-state index in [1.54, 1.807) is 6.92 Å². The van der Waals surface area contributed by atoms with Crippen molar-refractivity contribution in [2.75, 3.05) is 11.9 Å². The lowest BCUT2D eigenvalue weighted by Crippen LogP contribution is -2.37. The molecule has 0 spiro atoms. The molecule has 0 unspecified atom stereocenters. The Morgan fingerprint density at radius 3 is 2.33 bits per heavy atom. The molecule has 0 aliphatic carbocycles. The summed E-state index contributed by atoms with van der Waals surface area (Å²) in [5, 5.41) is 8.07. The van der Waals surface area contributed by atoms with E-state index in [-0.39, 0.29) is 23.4 Å². The van der Waals surface area contributed by atoms with E-state index in [4.69, 9.17) is 5.14 Å². The number of carbonyl (C=O) groups is 1. The molecule has 0 aliphatic rings. The van der Waals surface area contributed by atoms with Crippen LogP contribution in [0.3, 0.4) is 0 Å². The van der Waals surface area contributed by atoms with Crippen molar-refractivity contribution in [3.05, 3.63) is 59.2 Å². The summed E-state index contributed by atoms with van der Waals surface area (Å²) < 4.78 is 23.3. The minimum Gasteiger partial charge on any atom is -0.325 e. The molecule has 0 heterocycles. The van der Waals surface area contributed by atoms with Gasteiger partial charge in [-0.1, -0.05) is 30.3 Å². The fourth-order valence-corrected chi connectivity index (χ4v) is 3.36. The highest BCUT2D eigenvalue weighted by molar-refractivity contribution is 7.89. The number of nitrogens with one attached hydrogen (secondary N) is 1. The molecular weight excluding hydrogens is 362 g/mol. The van der Waals surface area contributed by atoms with E-state index in [1.807, 2.05) is 51.1 Å². The second-order valence-corrected chi connectivity index (χ2v) is 8.55. The van der Waals surface area contributed by atoms with Crippen LogP contribution in [0.5, 0.6) is 0 Å². The molecule has 2 aromatic rings. The van der Waals surface area contributed by atoms with Gasteiger partial charge in [0.05, 0.1) is 11.4 Å². The van der Waals surface area contributed by atoms with Crippen molar-refractivity contribution >= 4 is 21.6 Å². The number of hydrogen-bond donors (Lipinski definition) is 2. The Morgan fingerprint density at radius 2 is 1.78 bits per heavy atom. The fourth-order valence-electron chi connectivity index (χ4n) is 2.73. The van der Waals surface area contributed by atoms with E-state index < -0.39 is 10.0 Å². The number of nitrogens with zero attached hydrogens (tertiary/aromatic N) is 1. The summed E-state index contributed by atoms with van der Waals surface area (Å²) in [5.74, 6) is -0.200. The highest BCUT2D eigenvalue weighted by Crippen LogP contribution is 2.23. The number of benzene rings is 2. The first-order chi connectivity index (χ1) is 12.6. The molecule has 2 aromatic carbocycles. The smallest absolute Gasteiger partial charge is 0.238 e. The first-order valence-electron chi connectivity index (χ1n) is 8.80. The normalized spacial score (nSPS) is 11.8. The summed E-state index contributed by atoms with van der Waals surface area (Å²) in [7, 11) is -3.84. The lowest BCUT2D eigenvalue weighted by molar-refractivity contribution is -0.117. The number of sulfonamides is 1. The second-order valence-electron chi connectivity index (χ2n) is 6.99. The zero-order valence-electron chi connectivity index (χ0n) is 16.2. The van der Waals surface area contributed by atoms with Gasteiger partial charge >= 0.3 is 0 Å². The van der Waals surface area contributed by atoms with Crippen LogP contribution in [0.15, 0.2) is 47.4 Å². The van der Waals surface area contributed by atoms with Crippen molar-refractivity contribution in [3.63, 3.8) is 0 Å². The molecule has 6 nitrogen and oxygen atoms in total. The van der Waals surface area contributed by atoms with Crippen LogP contribution in [0, 0.1) is 13.8 Å². The van der Waals surface area contributed by atoms with Crippen molar-refractivity contribution in [2.45, 2.75) is 45.2 Å². The quantitative estimate of drug-likeness (QED) is 0.762. The minimum absolute atomic E-state index is 0.00842. The summed E-state index contributed by atoms with van der Waals surface area (Å²) in [6.45, 7) is 8.55. The number of anilines is 1. The molecular formula is C20H27N3O3S. The zero-order valence-corrected chi connectivity index (χ0v) is 17.0. The number of hydrogen-bond acceptors (Lipinski definition) is 4. The molecule has 3 N–H and O–H groups in total. The van der Waals surface area contributed by atoms with Crippen molar-refractivity contribution in [1.82, 2.24) is 4.90 Å². The van der Waals surface area contributed by atoms with E-state index in [2.05, 4.69) is 10.2 Å². The molecule has 0 fully saturated rings. The van der Waals surface area contributed by atoms with Gasteiger partial charge in [0.2, 0.25) is 15.9 Å². The van der Waals surface area contributed by atoms with Crippen molar-refractivity contribution < 1.29 is 13.2 Å². The highest BCUT2D eigenvalue weighted by atomic mass is 32.2. The molecule has 0 saturated carbocycles. The molecule has 0 radical (unpaired) electrons. The van der Waals surface area contributed by atoms with E-state index >= 15 is 0 Å². The van der Waals surface area contributed by atoms with Crippen LogP contribution < -0.4 is 10.5 Å². The molecule has 27 heavy (non-hydrogen) atoms. The van der Waals surface area contributed by atoms with Crippen LogP contribution in [0.25, 0.3) is 0 Å². The van der Waals surface area contributed by atoms with Crippen molar-refractivity contribution in [2.24, 2.45) is 5.14 Å². The third kappa shape index (κ3) is 5.89. The Balaban J connectivity index is 2.17. The lowest BCUT2D eigenvalue weighted by Gasteiger charge is -2.26. The Labute approximate surface area is 161 Å². The number of carbonyl (C=O) groups excluding carboxylic acids is 1. The first-order valence-corrected chi connectivity index (χ1v) is 10.3. The molecule has 0 aromatic heterocycles. The number of aryl methyl sites for hydroxylation is 1. The third-order valence-corrected chi connectivity index (χ3v) is 5.44. The molecule has 0 aliphatic heterocycles. The fraction of sp³-hybridized carbons (Fsp3) is 0.350. The number of primary sulfonamides is 1. The predicted octanol–water partition coefficient (Wildman–Crippen LogP) is 2.80. The predicted molar refractivity (Wildman–Crippen MR) is 108 cm³/mol. The van der Waals surface area contributed by atoms with Gasteiger partial charge in [0.1, 0.15) is 0 Å². The Bertz CT molecular complexity index is 910. The summed E-state index contributed by atoms with van der Waals surface area (Å²) in [6.07, 6.45) is 0. The second kappa shape index (κ2) is 8.65. The van der Waals surface area contributed by atoms with Crippen LogP contribution in [0.1, 0.15) is 30.5 Å². The molecule has 146 valence electrons.